The Kier molecular flexibility index (Phi) is 7.22. The molecule has 2 aromatic rings. The van der Waals surface area contributed by atoms with Gasteiger partial charge in [-0.3, -0.25) is 4.90 Å². The molecule has 31 heavy (non-hydrogen) atoms. The molecular formula is C21H26F3N3O4. The number of halogens is 3. The van der Waals surface area contributed by atoms with E-state index in [1.165, 1.54) is 5.56 Å². The minimum atomic E-state index is -5.08. The van der Waals surface area contributed by atoms with E-state index in [1.54, 1.807) is 6.07 Å². The normalized spacial score (nSPS) is 23.3. The van der Waals surface area contributed by atoms with Gasteiger partial charge < -0.3 is 19.5 Å². The molecule has 10 heteroatoms. The zero-order valence-corrected chi connectivity index (χ0v) is 17.1. The molecule has 0 spiro atoms. The Hall–Kier alpha value is -2.59. The first kappa shape index (κ1) is 23.1. The molecule has 7 nitrogen and oxygen atoms in total. The molecule has 2 aliphatic rings. The van der Waals surface area contributed by atoms with Crippen LogP contribution in [-0.4, -0.2) is 68.1 Å². The number of imidazole rings is 1. The third-order valence-electron chi connectivity index (χ3n) is 5.51. The van der Waals surface area contributed by atoms with Crippen LogP contribution < -0.4 is 0 Å². The monoisotopic (exact) mass is 441 g/mol. The molecule has 1 saturated heterocycles. The number of carbonyl (C=O) groups is 1. The van der Waals surface area contributed by atoms with Gasteiger partial charge in [-0.2, -0.15) is 13.2 Å². The third kappa shape index (κ3) is 5.76. The second-order valence-corrected chi connectivity index (χ2v) is 7.74. The Morgan fingerprint density at radius 1 is 1.32 bits per heavy atom. The lowest BCUT2D eigenvalue weighted by Gasteiger charge is -2.47. The van der Waals surface area contributed by atoms with Gasteiger partial charge in [-0.25, -0.2) is 9.78 Å². The summed E-state index contributed by atoms with van der Waals surface area (Å²) in [4.78, 5) is 15.6. The Morgan fingerprint density at radius 3 is 2.68 bits per heavy atom. The van der Waals surface area contributed by atoms with Crippen LogP contribution >= 0.6 is 0 Å². The number of alkyl halides is 3. The number of morpholine rings is 1. The topological polar surface area (TPSA) is 87.8 Å². The number of hydrogen-bond acceptors (Lipinski definition) is 5. The highest BCUT2D eigenvalue weighted by Crippen LogP contribution is 2.35. The van der Waals surface area contributed by atoms with Gasteiger partial charge in [0.1, 0.15) is 5.75 Å². The number of phenols is 1. The van der Waals surface area contributed by atoms with Crippen LogP contribution in [0, 0.1) is 0 Å². The number of carboxylic acids is 1. The van der Waals surface area contributed by atoms with Crippen molar-refractivity contribution in [1.82, 2.24) is 14.5 Å². The van der Waals surface area contributed by atoms with E-state index in [4.69, 9.17) is 14.6 Å². The highest BCUT2D eigenvalue weighted by atomic mass is 19.4. The second kappa shape index (κ2) is 9.69. The third-order valence-corrected chi connectivity index (χ3v) is 5.51. The van der Waals surface area contributed by atoms with Crippen LogP contribution in [0.3, 0.4) is 0 Å². The van der Waals surface area contributed by atoms with Crippen molar-refractivity contribution >= 4 is 5.97 Å². The van der Waals surface area contributed by atoms with Crippen molar-refractivity contribution in [2.24, 2.45) is 0 Å². The van der Waals surface area contributed by atoms with Gasteiger partial charge in [0.05, 0.1) is 25.1 Å². The second-order valence-electron chi connectivity index (χ2n) is 7.74. The van der Waals surface area contributed by atoms with E-state index in [0.717, 1.165) is 44.5 Å². The Labute approximate surface area is 178 Å². The summed E-state index contributed by atoms with van der Waals surface area (Å²) < 4.78 is 40.3. The number of hydrogen-bond donors (Lipinski definition) is 2. The molecule has 0 radical (unpaired) electrons. The average molecular weight is 441 g/mol. The fourth-order valence-electron chi connectivity index (χ4n) is 4.21. The summed E-state index contributed by atoms with van der Waals surface area (Å²) in [5.41, 5.74) is 2.34. The number of aliphatic carboxylic acids is 1. The number of rotatable bonds is 4. The smallest absolute Gasteiger partial charge is 0.490 e. The molecule has 4 rings (SSSR count). The van der Waals surface area contributed by atoms with E-state index in [1.807, 2.05) is 24.8 Å². The number of benzene rings is 1. The molecule has 0 saturated carbocycles. The number of aromatic nitrogens is 2. The molecule has 3 atom stereocenters. The average Bonchev–Trinajstić information content (AvgIpc) is 3.20. The standard InChI is InChI=1S/C19H25N3O2.C2HF3O2/c1-2-7-22-12-15(11-21-8-6-20-13-21)24-19-10-16-14(9-17(19)22)4-3-5-18(16)23;3-2(4,5)1(6)7/h3-6,8,13,15,17,19,23H,2,7,9-12H2,1H3;(H,6,7)/t15-,17+,19+;/m0./s1. The fourth-order valence-corrected chi connectivity index (χ4v) is 4.21. The summed E-state index contributed by atoms with van der Waals surface area (Å²) in [6, 6.07) is 6.30. The lowest BCUT2D eigenvalue weighted by atomic mass is 9.83. The first-order chi connectivity index (χ1) is 14.7. The maximum atomic E-state index is 10.6. The van der Waals surface area contributed by atoms with Crippen molar-refractivity contribution in [3.63, 3.8) is 0 Å². The van der Waals surface area contributed by atoms with E-state index in [0.29, 0.717) is 11.8 Å². The molecule has 2 N–H and O–H groups in total. The summed E-state index contributed by atoms with van der Waals surface area (Å²) in [6.45, 7) is 5.12. The maximum absolute atomic E-state index is 10.6. The van der Waals surface area contributed by atoms with Crippen LogP contribution in [0.5, 0.6) is 5.75 Å². The van der Waals surface area contributed by atoms with E-state index in [2.05, 4.69) is 27.4 Å². The molecule has 1 fully saturated rings. The van der Waals surface area contributed by atoms with Gasteiger partial charge in [0.2, 0.25) is 0 Å². The van der Waals surface area contributed by atoms with E-state index >= 15 is 0 Å². The van der Waals surface area contributed by atoms with Gasteiger partial charge in [0.25, 0.3) is 0 Å². The number of ether oxygens (including phenoxy) is 1. The lowest BCUT2D eigenvalue weighted by molar-refractivity contribution is -0.192. The van der Waals surface area contributed by atoms with Crippen molar-refractivity contribution in [1.29, 1.82) is 0 Å². The number of phenolic OH excluding ortho intramolecular Hbond substituents is 1. The molecule has 0 unspecified atom stereocenters. The zero-order chi connectivity index (χ0) is 22.6. The Balaban J connectivity index is 0.000000339. The predicted molar refractivity (Wildman–Crippen MR) is 106 cm³/mol. The van der Waals surface area contributed by atoms with Crippen LogP contribution in [0.15, 0.2) is 36.9 Å². The number of fused-ring (bicyclic) bond motifs is 2. The first-order valence-electron chi connectivity index (χ1n) is 10.1. The van der Waals surface area contributed by atoms with Gasteiger partial charge in [-0.1, -0.05) is 19.1 Å². The van der Waals surface area contributed by atoms with Crippen LogP contribution in [0.1, 0.15) is 24.5 Å². The highest BCUT2D eigenvalue weighted by molar-refractivity contribution is 5.73. The van der Waals surface area contributed by atoms with E-state index in [9.17, 15) is 18.3 Å². The molecule has 1 aliphatic heterocycles. The molecule has 1 aliphatic carbocycles. The molecular weight excluding hydrogens is 415 g/mol. The van der Waals surface area contributed by atoms with Gasteiger partial charge in [0, 0.05) is 31.4 Å². The maximum Gasteiger partial charge on any atom is 0.490 e. The van der Waals surface area contributed by atoms with Crippen LogP contribution in [0.4, 0.5) is 13.2 Å². The minimum absolute atomic E-state index is 0.152. The number of carboxylic acid groups (broad SMARTS) is 1. The van der Waals surface area contributed by atoms with Gasteiger partial charge in [-0.05, 0) is 36.6 Å². The quantitative estimate of drug-likeness (QED) is 0.759. The molecule has 2 heterocycles. The summed E-state index contributed by atoms with van der Waals surface area (Å²) in [5.74, 6) is -2.35. The van der Waals surface area contributed by atoms with Crippen LogP contribution in [-0.2, 0) is 28.9 Å². The van der Waals surface area contributed by atoms with Crippen molar-refractivity contribution in [3.05, 3.63) is 48.0 Å². The molecule has 0 amide bonds. The molecule has 0 bridgehead atoms. The summed E-state index contributed by atoms with van der Waals surface area (Å²) in [5, 5.41) is 17.3. The van der Waals surface area contributed by atoms with Crippen molar-refractivity contribution < 1.29 is 32.9 Å². The SMILES string of the molecule is CCCN1C[C@H](Cn2ccnc2)O[C@@H]2Cc3c(O)cccc3C[C@H]21.O=C(O)C(F)(F)F. The summed E-state index contributed by atoms with van der Waals surface area (Å²) >= 11 is 0. The Morgan fingerprint density at radius 2 is 2.06 bits per heavy atom. The van der Waals surface area contributed by atoms with Gasteiger partial charge >= 0.3 is 12.1 Å². The van der Waals surface area contributed by atoms with E-state index in [-0.39, 0.29) is 12.2 Å². The fraction of sp³-hybridized carbons (Fsp3) is 0.524. The van der Waals surface area contributed by atoms with Crippen molar-refractivity contribution in [2.75, 3.05) is 13.1 Å². The Bertz CT molecular complexity index is 873. The molecule has 1 aromatic carbocycles. The van der Waals surface area contributed by atoms with Gasteiger partial charge in [-0.15, -0.1) is 0 Å². The highest BCUT2D eigenvalue weighted by Gasteiger charge is 2.40. The summed E-state index contributed by atoms with van der Waals surface area (Å²) in [6.07, 6.45) is 3.79. The van der Waals surface area contributed by atoms with Crippen molar-refractivity contribution in [2.45, 2.75) is 57.2 Å². The number of nitrogens with zero attached hydrogens (tertiary/aromatic N) is 3. The summed E-state index contributed by atoms with van der Waals surface area (Å²) in [7, 11) is 0. The molecule has 1 aromatic heterocycles. The lowest BCUT2D eigenvalue weighted by Crippen LogP contribution is -2.58. The van der Waals surface area contributed by atoms with Gasteiger partial charge in [0.15, 0.2) is 0 Å². The largest absolute Gasteiger partial charge is 0.508 e. The van der Waals surface area contributed by atoms with E-state index < -0.39 is 12.1 Å². The number of aromatic hydroxyl groups is 1. The minimum Gasteiger partial charge on any atom is -0.508 e. The first-order valence-corrected chi connectivity index (χ1v) is 10.1. The predicted octanol–water partition coefficient (Wildman–Crippen LogP) is 2.87. The van der Waals surface area contributed by atoms with Crippen LogP contribution in [0.25, 0.3) is 0 Å². The van der Waals surface area contributed by atoms with Crippen molar-refractivity contribution in [3.8, 4) is 5.75 Å². The zero-order valence-electron chi connectivity index (χ0n) is 17.1. The van der Waals surface area contributed by atoms with Crippen LogP contribution in [0.2, 0.25) is 0 Å². The molecule has 170 valence electrons.